The van der Waals surface area contributed by atoms with Gasteiger partial charge in [-0.05, 0) is 12.8 Å². The Balaban J connectivity index is 2.65. The molecule has 0 aromatic heterocycles. The summed E-state index contributed by atoms with van der Waals surface area (Å²) in [5.41, 5.74) is 0. The van der Waals surface area contributed by atoms with E-state index in [1.54, 1.807) is 0 Å². The average molecular weight is 152 g/mol. The molecule has 1 saturated heterocycles. The van der Waals surface area contributed by atoms with Gasteiger partial charge in [0.1, 0.15) is 6.04 Å². The normalized spacial score (nSPS) is 22.8. The number of hydrogen-bond donors (Lipinski definition) is 0. The Labute approximate surface area is 64.4 Å². The Hall–Kier alpha value is -1.37. The lowest BCUT2D eigenvalue weighted by molar-refractivity contribution is -0.138. The molecule has 1 atom stereocenters. The van der Waals surface area contributed by atoms with Crippen LogP contribution in [0.15, 0.2) is 0 Å². The first-order valence-electron chi connectivity index (χ1n) is 3.45. The molecule has 1 amide bonds. The van der Waals surface area contributed by atoms with Gasteiger partial charge in [-0.1, -0.05) is 0 Å². The summed E-state index contributed by atoms with van der Waals surface area (Å²) in [5.74, 6) is -0.575. The van der Waals surface area contributed by atoms with Gasteiger partial charge < -0.3 is 4.90 Å². The Morgan fingerprint density at radius 1 is 1.73 bits per heavy atom. The van der Waals surface area contributed by atoms with Crippen molar-refractivity contribution in [1.29, 1.82) is 5.26 Å². The highest BCUT2D eigenvalue weighted by molar-refractivity contribution is 6.23. The number of nitrogens with zero attached hydrogens (tertiary/aromatic N) is 2. The number of hydrogen-bond acceptors (Lipinski definition) is 3. The number of nitriles is 1. The van der Waals surface area contributed by atoms with E-state index in [-0.39, 0.29) is 12.3 Å². The molecule has 0 aliphatic carbocycles. The number of likely N-dealkylation sites (tertiary alicyclic amines) is 1. The summed E-state index contributed by atoms with van der Waals surface area (Å²) in [6, 6.07) is 1.59. The molecule has 0 saturated carbocycles. The van der Waals surface area contributed by atoms with Gasteiger partial charge in [0, 0.05) is 6.54 Å². The maximum absolute atomic E-state index is 10.8. The lowest BCUT2D eigenvalue weighted by Crippen LogP contribution is -2.35. The minimum absolute atomic E-state index is 0.260. The fraction of sp³-hybridized carbons (Fsp3) is 0.571. The van der Waals surface area contributed by atoms with Gasteiger partial charge in [-0.3, -0.25) is 9.59 Å². The van der Waals surface area contributed by atoms with Gasteiger partial charge in [-0.25, -0.2) is 0 Å². The van der Waals surface area contributed by atoms with Crippen molar-refractivity contribution in [3.63, 3.8) is 0 Å². The molecule has 1 fully saturated rings. The predicted octanol–water partition coefficient (Wildman–Crippen LogP) is -0.300. The fourth-order valence-electron chi connectivity index (χ4n) is 1.23. The van der Waals surface area contributed by atoms with Crippen LogP contribution in [0.4, 0.5) is 0 Å². The molecule has 0 bridgehead atoms. The van der Waals surface area contributed by atoms with Gasteiger partial charge in [-0.2, -0.15) is 5.26 Å². The van der Waals surface area contributed by atoms with Crippen LogP contribution < -0.4 is 0 Å². The second-order valence-corrected chi connectivity index (χ2v) is 2.44. The summed E-state index contributed by atoms with van der Waals surface area (Å²) in [5, 5.41) is 8.52. The zero-order valence-corrected chi connectivity index (χ0v) is 5.99. The fourth-order valence-corrected chi connectivity index (χ4v) is 1.23. The lowest BCUT2D eigenvalue weighted by Gasteiger charge is -2.15. The van der Waals surface area contributed by atoms with E-state index in [1.807, 2.05) is 6.07 Å². The molecule has 0 aromatic carbocycles. The molecule has 4 heteroatoms. The van der Waals surface area contributed by atoms with Crippen LogP contribution in [-0.4, -0.2) is 29.7 Å². The van der Waals surface area contributed by atoms with Gasteiger partial charge in [-0.15, -0.1) is 0 Å². The second kappa shape index (κ2) is 3.15. The van der Waals surface area contributed by atoms with E-state index in [4.69, 9.17) is 5.26 Å². The minimum atomic E-state index is -0.575. The van der Waals surface area contributed by atoms with Crippen molar-refractivity contribution in [2.75, 3.05) is 6.54 Å². The van der Waals surface area contributed by atoms with Gasteiger partial charge in [0.25, 0.3) is 5.91 Å². The molecule has 0 aromatic rings. The Morgan fingerprint density at radius 3 is 3.00 bits per heavy atom. The molecule has 1 aliphatic rings. The van der Waals surface area contributed by atoms with Gasteiger partial charge in [0.15, 0.2) is 0 Å². The third kappa shape index (κ3) is 1.37. The van der Waals surface area contributed by atoms with Crippen molar-refractivity contribution in [2.45, 2.75) is 18.9 Å². The zero-order valence-electron chi connectivity index (χ0n) is 5.99. The van der Waals surface area contributed by atoms with Crippen molar-refractivity contribution >= 4 is 12.2 Å². The van der Waals surface area contributed by atoms with Gasteiger partial charge in [0.2, 0.25) is 6.29 Å². The summed E-state index contributed by atoms with van der Waals surface area (Å²) in [6.45, 7) is 0.538. The standard InChI is InChI=1S/C7H8N2O2/c8-4-6-2-1-3-9(6)7(11)5-10/h5-6H,1-3H2/t6-/m0/s1. The van der Waals surface area contributed by atoms with E-state index >= 15 is 0 Å². The molecule has 1 heterocycles. The molecule has 4 nitrogen and oxygen atoms in total. The average Bonchev–Trinajstić information content (AvgIpc) is 2.50. The van der Waals surface area contributed by atoms with E-state index in [0.29, 0.717) is 13.0 Å². The van der Waals surface area contributed by atoms with Crippen LogP contribution >= 0.6 is 0 Å². The third-order valence-electron chi connectivity index (χ3n) is 1.79. The number of aldehydes is 1. The van der Waals surface area contributed by atoms with Gasteiger partial charge in [0.05, 0.1) is 6.07 Å². The van der Waals surface area contributed by atoms with E-state index in [0.717, 1.165) is 6.42 Å². The molecule has 1 aliphatic heterocycles. The smallest absolute Gasteiger partial charge is 0.287 e. The van der Waals surface area contributed by atoms with Crippen molar-refractivity contribution in [1.82, 2.24) is 4.90 Å². The van der Waals surface area contributed by atoms with Crippen LogP contribution in [0.1, 0.15) is 12.8 Å². The van der Waals surface area contributed by atoms with Crippen LogP contribution in [0, 0.1) is 11.3 Å². The van der Waals surface area contributed by atoms with Crippen LogP contribution in [0.25, 0.3) is 0 Å². The van der Waals surface area contributed by atoms with E-state index in [2.05, 4.69) is 0 Å². The van der Waals surface area contributed by atoms with Crippen molar-refractivity contribution in [3.8, 4) is 6.07 Å². The number of carbonyl (C=O) groups excluding carboxylic acids is 2. The van der Waals surface area contributed by atoms with Crippen molar-refractivity contribution in [3.05, 3.63) is 0 Å². The predicted molar refractivity (Wildman–Crippen MR) is 36.4 cm³/mol. The first kappa shape index (κ1) is 7.73. The van der Waals surface area contributed by atoms with E-state index < -0.39 is 5.91 Å². The summed E-state index contributed by atoms with van der Waals surface area (Å²) >= 11 is 0. The van der Waals surface area contributed by atoms with Crippen LogP contribution in [0.2, 0.25) is 0 Å². The Kier molecular flexibility index (Phi) is 2.21. The highest BCUT2D eigenvalue weighted by Gasteiger charge is 2.27. The maximum atomic E-state index is 10.8. The first-order valence-corrected chi connectivity index (χ1v) is 3.45. The summed E-state index contributed by atoms with van der Waals surface area (Å²) in [6.07, 6.45) is 1.77. The maximum Gasteiger partial charge on any atom is 0.287 e. The highest BCUT2D eigenvalue weighted by atomic mass is 16.2. The molecule has 0 unspecified atom stereocenters. The highest BCUT2D eigenvalue weighted by Crippen LogP contribution is 2.15. The molecule has 11 heavy (non-hydrogen) atoms. The third-order valence-corrected chi connectivity index (χ3v) is 1.79. The Bertz CT molecular complexity index is 219. The Morgan fingerprint density at radius 2 is 2.45 bits per heavy atom. The molecular formula is C7H8N2O2. The monoisotopic (exact) mass is 152 g/mol. The SMILES string of the molecule is N#C[C@@H]1CCCN1C(=O)C=O. The number of amides is 1. The molecule has 1 rings (SSSR count). The molecular weight excluding hydrogens is 144 g/mol. The number of rotatable bonds is 1. The van der Waals surface area contributed by atoms with Crippen LogP contribution in [0.5, 0.6) is 0 Å². The molecule has 58 valence electrons. The second-order valence-electron chi connectivity index (χ2n) is 2.44. The minimum Gasteiger partial charge on any atom is -0.320 e. The topological polar surface area (TPSA) is 61.2 Å². The molecule has 0 radical (unpaired) electrons. The lowest BCUT2D eigenvalue weighted by atomic mass is 10.2. The number of carbonyl (C=O) groups is 2. The summed E-state index contributed by atoms with van der Waals surface area (Å²) in [7, 11) is 0. The molecule has 0 N–H and O–H groups in total. The zero-order chi connectivity index (χ0) is 8.27. The van der Waals surface area contributed by atoms with Gasteiger partial charge >= 0.3 is 0 Å². The van der Waals surface area contributed by atoms with E-state index in [1.165, 1.54) is 4.90 Å². The van der Waals surface area contributed by atoms with E-state index in [9.17, 15) is 9.59 Å². The largest absolute Gasteiger partial charge is 0.320 e. The van der Waals surface area contributed by atoms with Crippen LogP contribution in [0.3, 0.4) is 0 Å². The quantitative estimate of drug-likeness (QED) is 0.383. The van der Waals surface area contributed by atoms with Crippen molar-refractivity contribution in [2.24, 2.45) is 0 Å². The van der Waals surface area contributed by atoms with Crippen molar-refractivity contribution < 1.29 is 9.59 Å². The molecule has 0 spiro atoms. The first-order chi connectivity index (χ1) is 5.29. The summed E-state index contributed by atoms with van der Waals surface area (Å²) in [4.78, 5) is 22.2. The summed E-state index contributed by atoms with van der Waals surface area (Å²) < 4.78 is 0. The van der Waals surface area contributed by atoms with Crippen LogP contribution in [-0.2, 0) is 9.59 Å².